The van der Waals surface area contributed by atoms with Crippen LogP contribution in [0.2, 0.25) is 0 Å². The van der Waals surface area contributed by atoms with Gasteiger partial charge in [-0.2, -0.15) is 9.94 Å². The highest BCUT2D eigenvalue weighted by Gasteiger charge is 2.36. The summed E-state index contributed by atoms with van der Waals surface area (Å²) in [7, 11) is 1.42. The quantitative estimate of drug-likeness (QED) is 0.526. The Labute approximate surface area is 200 Å². The SMILES string of the molecule is COc1c([C@@H]2CN3CCN(C(=O)Cc4ccc(-n5cnnn5)nc4)C[C@H]3CO2)ccc(F)c1C#N. The molecule has 35 heavy (non-hydrogen) atoms. The van der Waals surface area contributed by atoms with Gasteiger partial charge in [-0.3, -0.25) is 9.69 Å². The van der Waals surface area contributed by atoms with Crippen molar-refractivity contribution in [3.8, 4) is 17.6 Å². The second-order valence-corrected chi connectivity index (χ2v) is 8.42. The molecule has 2 aromatic heterocycles. The molecule has 2 fully saturated rings. The molecule has 0 aliphatic carbocycles. The van der Waals surface area contributed by atoms with Crippen LogP contribution < -0.4 is 4.74 Å². The number of tetrazole rings is 1. The van der Waals surface area contributed by atoms with Gasteiger partial charge in [-0.25, -0.2) is 9.37 Å². The van der Waals surface area contributed by atoms with Gasteiger partial charge in [-0.15, -0.1) is 5.10 Å². The molecule has 0 spiro atoms. The molecule has 4 heterocycles. The second-order valence-electron chi connectivity index (χ2n) is 8.42. The summed E-state index contributed by atoms with van der Waals surface area (Å²) in [6.07, 6.45) is 3.02. The Bertz CT molecular complexity index is 1240. The largest absolute Gasteiger partial charge is 0.495 e. The first-order valence-corrected chi connectivity index (χ1v) is 11.2. The summed E-state index contributed by atoms with van der Waals surface area (Å²) in [4.78, 5) is 21.4. The van der Waals surface area contributed by atoms with Crippen molar-refractivity contribution in [2.45, 2.75) is 18.6 Å². The summed E-state index contributed by atoms with van der Waals surface area (Å²) in [5, 5.41) is 20.3. The van der Waals surface area contributed by atoms with Gasteiger partial charge in [0.05, 0.1) is 32.3 Å². The average molecular weight is 478 g/mol. The minimum absolute atomic E-state index is 0.0302. The van der Waals surface area contributed by atoms with E-state index in [0.29, 0.717) is 44.2 Å². The van der Waals surface area contributed by atoms with Crippen molar-refractivity contribution >= 4 is 5.91 Å². The van der Waals surface area contributed by atoms with Crippen molar-refractivity contribution in [3.63, 3.8) is 0 Å². The van der Waals surface area contributed by atoms with Gasteiger partial charge in [0.25, 0.3) is 0 Å². The predicted molar refractivity (Wildman–Crippen MR) is 119 cm³/mol. The minimum Gasteiger partial charge on any atom is -0.495 e. The lowest BCUT2D eigenvalue weighted by Crippen LogP contribution is -2.59. The van der Waals surface area contributed by atoms with Crippen LogP contribution in [0.3, 0.4) is 0 Å². The van der Waals surface area contributed by atoms with E-state index in [2.05, 4.69) is 25.4 Å². The molecule has 1 amide bonds. The number of aromatic nitrogens is 5. The molecule has 2 aliphatic rings. The van der Waals surface area contributed by atoms with Crippen LogP contribution >= 0.6 is 0 Å². The van der Waals surface area contributed by atoms with E-state index in [4.69, 9.17) is 9.47 Å². The Kier molecular flexibility index (Phi) is 6.35. The summed E-state index contributed by atoms with van der Waals surface area (Å²) in [5.74, 6) is 0.203. The van der Waals surface area contributed by atoms with Gasteiger partial charge in [0, 0.05) is 37.9 Å². The van der Waals surface area contributed by atoms with Crippen molar-refractivity contribution in [2.24, 2.45) is 0 Å². The first kappa shape index (κ1) is 22.8. The molecular formula is C23H23FN8O3. The molecule has 2 saturated heterocycles. The van der Waals surface area contributed by atoms with Crippen molar-refractivity contribution in [1.29, 1.82) is 5.26 Å². The Morgan fingerprint density at radius 2 is 2.17 bits per heavy atom. The number of halogens is 1. The molecule has 11 nitrogen and oxygen atoms in total. The molecule has 2 aliphatic heterocycles. The normalized spacial score (nSPS) is 20.2. The van der Waals surface area contributed by atoms with Crippen LogP contribution in [-0.2, 0) is 16.0 Å². The van der Waals surface area contributed by atoms with Crippen LogP contribution in [0.4, 0.5) is 4.39 Å². The molecule has 5 rings (SSSR count). The van der Waals surface area contributed by atoms with Crippen LogP contribution in [-0.4, -0.2) is 86.8 Å². The van der Waals surface area contributed by atoms with Gasteiger partial charge in [-0.05, 0) is 34.2 Å². The second kappa shape index (κ2) is 9.73. The zero-order chi connectivity index (χ0) is 24.4. The highest BCUT2D eigenvalue weighted by atomic mass is 19.1. The lowest BCUT2D eigenvalue weighted by molar-refractivity contribution is -0.139. The third-order valence-electron chi connectivity index (χ3n) is 6.40. The zero-order valence-corrected chi connectivity index (χ0v) is 19.0. The van der Waals surface area contributed by atoms with Crippen LogP contribution in [0.15, 0.2) is 36.8 Å². The van der Waals surface area contributed by atoms with Crippen LogP contribution in [0, 0.1) is 17.1 Å². The summed E-state index contributed by atoms with van der Waals surface area (Å²) >= 11 is 0. The molecule has 180 valence electrons. The van der Waals surface area contributed by atoms with Gasteiger partial charge in [-0.1, -0.05) is 6.07 Å². The third kappa shape index (κ3) is 4.55. The molecule has 0 saturated carbocycles. The van der Waals surface area contributed by atoms with Crippen LogP contribution in [0.5, 0.6) is 5.75 Å². The number of nitriles is 1. The number of fused-ring (bicyclic) bond motifs is 1. The monoisotopic (exact) mass is 478 g/mol. The molecule has 0 unspecified atom stereocenters. The number of carbonyl (C=O) groups excluding carboxylic acids is 1. The Morgan fingerprint density at radius 1 is 1.29 bits per heavy atom. The van der Waals surface area contributed by atoms with Crippen molar-refractivity contribution in [2.75, 3.05) is 39.9 Å². The molecule has 1 aromatic carbocycles. The van der Waals surface area contributed by atoms with E-state index in [0.717, 1.165) is 5.56 Å². The first-order chi connectivity index (χ1) is 17.1. The van der Waals surface area contributed by atoms with E-state index < -0.39 is 5.82 Å². The fourth-order valence-electron chi connectivity index (χ4n) is 4.56. The lowest BCUT2D eigenvalue weighted by atomic mass is 10.00. The Morgan fingerprint density at radius 3 is 2.89 bits per heavy atom. The number of carbonyl (C=O) groups is 1. The smallest absolute Gasteiger partial charge is 0.227 e. The first-order valence-electron chi connectivity index (χ1n) is 11.2. The number of methoxy groups -OCH3 is 1. The number of hydrogen-bond acceptors (Lipinski definition) is 9. The van der Waals surface area contributed by atoms with Crippen LogP contribution in [0.1, 0.15) is 22.8 Å². The zero-order valence-electron chi connectivity index (χ0n) is 19.0. The van der Waals surface area contributed by atoms with Gasteiger partial charge < -0.3 is 14.4 Å². The maximum Gasteiger partial charge on any atom is 0.227 e. The van der Waals surface area contributed by atoms with E-state index in [-0.39, 0.29) is 35.8 Å². The van der Waals surface area contributed by atoms with Crippen LogP contribution in [0.25, 0.3) is 5.82 Å². The maximum atomic E-state index is 14.0. The molecular weight excluding hydrogens is 455 g/mol. The number of benzene rings is 1. The number of hydrogen-bond donors (Lipinski definition) is 0. The Hall–Kier alpha value is -3.95. The number of ether oxygens (including phenoxy) is 2. The van der Waals surface area contributed by atoms with E-state index >= 15 is 0 Å². The van der Waals surface area contributed by atoms with E-state index in [1.54, 1.807) is 18.3 Å². The van der Waals surface area contributed by atoms with Gasteiger partial charge in [0.15, 0.2) is 5.82 Å². The van der Waals surface area contributed by atoms with E-state index in [9.17, 15) is 14.4 Å². The minimum atomic E-state index is -0.617. The number of pyridine rings is 1. The molecule has 3 aromatic rings. The molecule has 0 radical (unpaired) electrons. The predicted octanol–water partition coefficient (Wildman–Crippen LogP) is 0.903. The van der Waals surface area contributed by atoms with Gasteiger partial charge >= 0.3 is 0 Å². The van der Waals surface area contributed by atoms with Gasteiger partial charge in [0.1, 0.15) is 29.5 Å². The van der Waals surface area contributed by atoms with E-state index in [1.807, 2.05) is 17.0 Å². The topological polar surface area (TPSA) is 122 Å². The molecule has 0 bridgehead atoms. The molecule has 0 N–H and O–H groups in total. The number of nitrogens with zero attached hydrogens (tertiary/aromatic N) is 8. The third-order valence-corrected chi connectivity index (χ3v) is 6.40. The number of piperazine rings is 1. The summed E-state index contributed by atoms with van der Waals surface area (Å²) in [6, 6.07) is 8.43. The highest BCUT2D eigenvalue weighted by molar-refractivity contribution is 5.79. The Balaban J connectivity index is 1.20. The average Bonchev–Trinajstić information content (AvgIpc) is 3.43. The molecule has 12 heteroatoms. The number of amides is 1. The summed E-state index contributed by atoms with van der Waals surface area (Å²) in [5.41, 5.74) is 1.34. The van der Waals surface area contributed by atoms with Crippen molar-refractivity contribution in [3.05, 3.63) is 59.3 Å². The number of morpholine rings is 1. The summed E-state index contributed by atoms with van der Waals surface area (Å²) < 4.78 is 26.9. The van der Waals surface area contributed by atoms with Crippen molar-refractivity contribution < 1.29 is 18.7 Å². The number of rotatable bonds is 5. The fourth-order valence-corrected chi connectivity index (χ4v) is 4.56. The highest BCUT2D eigenvalue weighted by Crippen LogP contribution is 2.35. The van der Waals surface area contributed by atoms with Crippen molar-refractivity contribution in [1.82, 2.24) is 35.0 Å². The van der Waals surface area contributed by atoms with Gasteiger partial charge in [0.2, 0.25) is 5.91 Å². The molecule has 2 atom stereocenters. The fraction of sp³-hybridized carbons (Fsp3) is 0.391. The lowest BCUT2D eigenvalue weighted by Gasteiger charge is -2.46. The maximum absolute atomic E-state index is 14.0. The standard InChI is InChI=1S/C23H23FN8O3/c1-34-23-17(3-4-19(24)18(23)9-25)20-12-30-6-7-31(11-16(30)13-35-20)22(33)8-15-2-5-21(26-10-15)32-14-27-28-29-32/h2-5,10,14,16,20H,6-8,11-13H2,1H3/t16-,20-/m0/s1. The van der Waals surface area contributed by atoms with E-state index in [1.165, 1.54) is 24.2 Å². The summed E-state index contributed by atoms with van der Waals surface area (Å²) in [6.45, 7) is 2.84.